The lowest BCUT2D eigenvalue weighted by Gasteiger charge is -2.27. The average molecular weight is 351 g/mol. The number of hydrogen-bond acceptors (Lipinski definition) is 2. The summed E-state index contributed by atoms with van der Waals surface area (Å²) in [5.74, 6) is 2.56. The molecule has 2 heteroatoms. The van der Waals surface area contributed by atoms with E-state index < -0.39 is 0 Å². The summed E-state index contributed by atoms with van der Waals surface area (Å²) in [6.07, 6.45) is 17.0. The quantitative estimate of drug-likeness (QED) is 0.481. The Morgan fingerprint density at radius 2 is 1.50 bits per heavy atom. The number of benzene rings is 1. The van der Waals surface area contributed by atoms with Crippen molar-refractivity contribution in [3.05, 3.63) is 48.0 Å². The van der Waals surface area contributed by atoms with Crippen molar-refractivity contribution >= 4 is 0 Å². The maximum atomic E-state index is 4.72. The second kappa shape index (κ2) is 9.85. The van der Waals surface area contributed by atoms with E-state index in [2.05, 4.69) is 38.1 Å². The van der Waals surface area contributed by atoms with Crippen LogP contribution < -0.4 is 0 Å². The monoisotopic (exact) mass is 350 g/mol. The van der Waals surface area contributed by atoms with E-state index >= 15 is 0 Å². The molecular weight excluding hydrogens is 316 g/mol. The zero-order valence-corrected chi connectivity index (χ0v) is 16.6. The summed E-state index contributed by atoms with van der Waals surface area (Å²) in [4.78, 5) is 9.44. The Kier molecular flexibility index (Phi) is 7.22. The average Bonchev–Trinajstić information content (AvgIpc) is 2.70. The number of hydrogen-bond donors (Lipinski definition) is 0. The van der Waals surface area contributed by atoms with Crippen LogP contribution in [0.3, 0.4) is 0 Å². The van der Waals surface area contributed by atoms with Crippen LogP contribution in [0.4, 0.5) is 0 Å². The number of aromatic nitrogens is 2. The highest BCUT2D eigenvalue weighted by Gasteiger charge is 2.23. The van der Waals surface area contributed by atoms with Crippen LogP contribution >= 0.6 is 0 Å². The van der Waals surface area contributed by atoms with Gasteiger partial charge in [-0.15, -0.1) is 0 Å². The molecule has 0 atom stereocenters. The third kappa shape index (κ3) is 5.16. The van der Waals surface area contributed by atoms with Gasteiger partial charge in [-0.25, -0.2) is 9.97 Å². The Morgan fingerprint density at radius 1 is 0.808 bits per heavy atom. The van der Waals surface area contributed by atoms with Crippen LogP contribution in [-0.4, -0.2) is 9.97 Å². The zero-order chi connectivity index (χ0) is 18.2. The summed E-state index contributed by atoms with van der Waals surface area (Å²) in [5, 5.41) is 0. The topological polar surface area (TPSA) is 25.8 Å². The van der Waals surface area contributed by atoms with Crippen molar-refractivity contribution in [2.75, 3.05) is 0 Å². The molecule has 26 heavy (non-hydrogen) atoms. The molecule has 2 aromatic rings. The highest BCUT2D eigenvalue weighted by molar-refractivity contribution is 5.61. The summed E-state index contributed by atoms with van der Waals surface area (Å²) < 4.78 is 0. The maximum absolute atomic E-state index is 4.72. The summed E-state index contributed by atoms with van der Waals surface area (Å²) in [6, 6.07) is 8.95. The van der Waals surface area contributed by atoms with Crippen LogP contribution in [-0.2, 0) is 6.42 Å². The van der Waals surface area contributed by atoms with Gasteiger partial charge in [0.2, 0.25) is 0 Å². The van der Waals surface area contributed by atoms with Gasteiger partial charge in [-0.05, 0) is 55.6 Å². The lowest BCUT2D eigenvalue weighted by atomic mass is 9.80. The van der Waals surface area contributed by atoms with Gasteiger partial charge >= 0.3 is 0 Å². The van der Waals surface area contributed by atoms with Gasteiger partial charge in [-0.3, -0.25) is 0 Å². The molecule has 0 unspecified atom stereocenters. The molecule has 1 aromatic heterocycles. The van der Waals surface area contributed by atoms with Crippen molar-refractivity contribution in [3.63, 3.8) is 0 Å². The second-order valence-electron chi connectivity index (χ2n) is 7.99. The largest absolute Gasteiger partial charge is 0.240 e. The predicted octanol–water partition coefficient (Wildman–Crippen LogP) is 6.95. The van der Waals surface area contributed by atoms with E-state index in [1.165, 1.54) is 75.3 Å². The zero-order valence-electron chi connectivity index (χ0n) is 16.6. The van der Waals surface area contributed by atoms with Gasteiger partial charge in [0, 0.05) is 23.9 Å². The maximum Gasteiger partial charge on any atom is 0.131 e. The molecule has 1 heterocycles. The molecule has 0 N–H and O–H groups in total. The van der Waals surface area contributed by atoms with Crippen LogP contribution in [0.5, 0.6) is 0 Å². The summed E-state index contributed by atoms with van der Waals surface area (Å²) in [7, 11) is 0. The molecule has 0 saturated heterocycles. The van der Waals surface area contributed by atoms with E-state index in [0.717, 1.165) is 17.3 Å². The fraction of sp³-hybridized carbons (Fsp3) is 0.583. The van der Waals surface area contributed by atoms with E-state index in [1.54, 1.807) is 0 Å². The van der Waals surface area contributed by atoms with Crippen molar-refractivity contribution in [1.29, 1.82) is 0 Å². The van der Waals surface area contributed by atoms with E-state index in [4.69, 9.17) is 9.97 Å². The first-order valence-corrected chi connectivity index (χ1v) is 10.7. The molecular formula is C24H34N2. The number of rotatable bonds is 8. The molecule has 1 fully saturated rings. The van der Waals surface area contributed by atoms with Gasteiger partial charge in [-0.1, -0.05) is 63.8 Å². The summed E-state index contributed by atoms with van der Waals surface area (Å²) in [5.41, 5.74) is 3.79. The highest BCUT2D eigenvalue weighted by Crippen LogP contribution is 2.36. The molecule has 0 bridgehead atoms. The van der Waals surface area contributed by atoms with Crippen molar-refractivity contribution in [2.24, 2.45) is 5.92 Å². The molecule has 1 aliphatic carbocycles. The second-order valence-corrected chi connectivity index (χ2v) is 7.99. The molecule has 0 radical (unpaired) electrons. The fourth-order valence-electron chi connectivity index (χ4n) is 4.26. The van der Waals surface area contributed by atoms with Gasteiger partial charge in [0.25, 0.3) is 0 Å². The van der Waals surface area contributed by atoms with E-state index in [0.29, 0.717) is 5.92 Å². The number of unbranched alkanes of at least 4 members (excludes halogenated alkanes) is 2. The minimum Gasteiger partial charge on any atom is -0.240 e. The van der Waals surface area contributed by atoms with Crippen molar-refractivity contribution in [3.8, 4) is 11.1 Å². The Balaban J connectivity index is 1.57. The Labute approximate surface area is 159 Å². The lowest BCUT2D eigenvalue weighted by molar-refractivity contribution is 0.302. The smallest absolute Gasteiger partial charge is 0.131 e. The molecule has 2 nitrogen and oxygen atoms in total. The van der Waals surface area contributed by atoms with Gasteiger partial charge in [0.15, 0.2) is 0 Å². The molecule has 0 spiro atoms. The van der Waals surface area contributed by atoms with E-state index in [9.17, 15) is 0 Å². The molecule has 1 aromatic carbocycles. The first-order valence-electron chi connectivity index (χ1n) is 10.7. The minimum absolute atomic E-state index is 0.568. The molecule has 1 saturated carbocycles. The Morgan fingerprint density at radius 3 is 2.12 bits per heavy atom. The number of aryl methyl sites for hydroxylation is 1. The van der Waals surface area contributed by atoms with Gasteiger partial charge in [0.05, 0.1) is 0 Å². The molecule has 0 aliphatic heterocycles. The summed E-state index contributed by atoms with van der Waals surface area (Å²) >= 11 is 0. The first kappa shape index (κ1) is 19.1. The minimum atomic E-state index is 0.568. The van der Waals surface area contributed by atoms with Crippen LogP contribution in [0.15, 0.2) is 36.7 Å². The molecule has 140 valence electrons. The van der Waals surface area contributed by atoms with Crippen molar-refractivity contribution in [1.82, 2.24) is 9.97 Å². The van der Waals surface area contributed by atoms with Gasteiger partial charge < -0.3 is 0 Å². The Hall–Kier alpha value is -1.70. The molecule has 3 rings (SSSR count). The highest BCUT2D eigenvalue weighted by atomic mass is 14.9. The van der Waals surface area contributed by atoms with Gasteiger partial charge in [-0.2, -0.15) is 0 Å². The first-order chi connectivity index (χ1) is 12.8. The van der Waals surface area contributed by atoms with Crippen LogP contribution in [0.2, 0.25) is 0 Å². The predicted molar refractivity (Wildman–Crippen MR) is 110 cm³/mol. The third-order valence-corrected chi connectivity index (χ3v) is 5.94. The fourth-order valence-corrected chi connectivity index (χ4v) is 4.26. The number of nitrogens with zero attached hydrogens (tertiary/aromatic N) is 2. The standard InChI is InChI=1S/C24H34N2/c1-3-5-6-8-20-9-13-21(14-10-20)23-17-25-24(26-18-23)22-15-11-19(7-4-2)12-16-22/h9-10,13-14,17-19,22H,3-8,11-12,15-16H2,1-2H3. The third-order valence-electron chi connectivity index (χ3n) is 5.94. The molecule has 1 aliphatic rings. The van der Waals surface area contributed by atoms with E-state index in [1.807, 2.05) is 12.4 Å². The van der Waals surface area contributed by atoms with Gasteiger partial charge in [0.1, 0.15) is 5.82 Å². The summed E-state index contributed by atoms with van der Waals surface area (Å²) in [6.45, 7) is 4.55. The van der Waals surface area contributed by atoms with Crippen molar-refractivity contribution in [2.45, 2.75) is 84.0 Å². The van der Waals surface area contributed by atoms with Crippen LogP contribution in [0.1, 0.15) is 88.9 Å². The van der Waals surface area contributed by atoms with Crippen LogP contribution in [0, 0.1) is 5.92 Å². The lowest BCUT2D eigenvalue weighted by Crippen LogP contribution is -2.15. The Bertz CT molecular complexity index is 637. The molecule has 0 amide bonds. The van der Waals surface area contributed by atoms with E-state index in [-0.39, 0.29) is 0 Å². The normalized spacial score (nSPS) is 20.2. The SMILES string of the molecule is CCCCCc1ccc(-c2cnc(C3CCC(CCC)CC3)nc2)cc1. The van der Waals surface area contributed by atoms with Crippen LogP contribution in [0.25, 0.3) is 11.1 Å². The van der Waals surface area contributed by atoms with Crippen molar-refractivity contribution < 1.29 is 0 Å².